The molecule has 0 aromatic heterocycles. The number of carboxylic acids is 1. The quantitative estimate of drug-likeness (QED) is 0.700. The van der Waals surface area contributed by atoms with Gasteiger partial charge in [0, 0.05) is 19.1 Å². The van der Waals surface area contributed by atoms with Crippen LogP contribution in [-0.2, 0) is 4.79 Å². The normalized spacial score (nSPS) is 35.2. The van der Waals surface area contributed by atoms with Crippen LogP contribution in [0.2, 0.25) is 0 Å². The maximum Gasteiger partial charge on any atom is 0.322 e. The molecule has 0 aromatic rings. The Morgan fingerprint density at radius 2 is 2.38 bits per heavy atom. The van der Waals surface area contributed by atoms with Gasteiger partial charge in [0.2, 0.25) is 0 Å². The van der Waals surface area contributed by atoms with Crippen molar-refractivity contribution in [2.45, 2.75) is 30.7 Å². The number of aliphatic carboxylic acids is 1. The predicted octanol–water partition coefficient (Wildman–Crippen LogP) is 1.16. The van der Waals surface area contributed by atoms with Crippen LogP contribution in [-0.4, -0.2) is 40.5 Å². The molecule has 1 saturated carbocycles. The summed E-state index contributed by atoms with van der Waals surface area (Å²) < 4.78 is 0. The molecule has 3 unspecified atom stereocenters. The van der Waals surface area contributed by atoms with E-state index in [-0.39, 0.29) is 0 Å². The second-order valence-corrected chi connectivity index (χ2v) is 4.62. The summed E-state index contributed by atoms with van der Waals surface area (Å²) in [7, 11) is 0. The third kappa shape index (κ3) is 1.81. The second kappa shape index (κ2) is 3.46. The first kappa shape index (κ1) is 9.28. The van der Waals surface area contributed by atoms with Crippen molar-refractivity contribution < 1.29 is 9.90 Å². The fourth-order valence-corrected chi connectivity index (χ4v) is 2.71. The Hall–Kier alpha value is -0.280. The van der Waals surface area contributed by atoms with E-state index in [2.05, 4.69) is 4.90 Å². The fraction of sp³-hybridized carbons (Fsp3) is 0.889. The molecule has 4 heteroatoms. The Kier molecular flexibility index (Phi) is 2.47. The molecule has 0 amide bonds. The van der Waals surface area contributed by atoms with Gasteiger partial charge in [0.15, 0.2) is 0 Å². The van der Waals surface area contributed by atoms with Gasteiger partial charge in [0.25, 0.3) is 0 Å². The molecule has 1 aliphatic heterocycles. The standard InChI is InChI=1S/C9H14ClNO2/c10-8(9(12)13)5-11-4-6-1-2-7(11)3-6/h6-8H,1-5H2,(H,12,13). The summed E-state index contributed by atoms with van der Waals surface area (Å²) in [6, 6.07) is 0.616. The van der Waals surface area contributed by atoms with Gasteiger partial charge in [-0.2, -0.15) is 0 Å². The molecule has 3 nitrogen and oxygen atoms in total. The van der Waals surface area contributed by atoms with Crippen LogP contribution >= 0.6 is 11.6 Å². The lowest BCUT2D eigenvalue weighted by atomic mass is 10.1. The Balaban J connectivity index is 1.86. The lowest BCUT2D eigenvalue weighted by molar-refractivity contribution is -0.137. The van der Waals surface area contributed by atoms with Gasteiger partial charge >= 0.3 is 5.97 Å². The molecule has 74 valence electrons. The van der Waals surface area contributed by atoms with Crippen LogP contribution in [0, 0.1) is 5.92 Å². The van der Waals surface area contributed by atoms with Gasteiger partial charge in [-0.05, 0) is 25.2 Å². The van der Waals surface area contributed by atoms with Gasteiger partial charge in [0.05, 0.1) is 0 Å². The Bertz CT molecular complexity index is 222. The van der Waals surface area contributed by atoms with E-state index in [0.29, 0.717) is 12.6 Å². The van der Waals surface area contributed by atoms with E-state index in [1.807, 2.05) is 0 Å². The summed E-state index contributed by atoms with van der Waals surface area (Å²) >= 11 is 5.69. The second-order valence-electron chi connectivity index (χ2n) is 4.09. The van der Waals surface area contributed by atoms with Crippen LogP contribution in [0.3, 0.4) is 0 Å². The van der Waals surface area contributed by atoms with Gasteiger partial charge in [-0.15, -0.1) is 11.6 Å². The summed E-state index contributed by atoms with van der Waals surface area (Å²) in [6.45, 7) is 1.57. The maximum absolute atomic E-state index is 10.5. The van der Waals surface area contributed by atoms with E-state index in [9.17, 15) is 4.79 Å². The molecular weight excluding hydrogens is 190 g/mol. The first-order valence-electron chi connectivity index (χ1n) is 4.77. The molecule has 0 spiro atoms. The van der Waals surface area contributed by atoms with E-state index in [4.69, 9.17) is 16.7 Å². The third-order valence-electron chi connectivity index (χ3n) is 3.19. The molecule has 0 radical (unpaired) electrons. The van der Waals surface area contributed by atoms with Gasteiger partial charge in [0.1, 0.15) is 5.38 Å². The zero-order valence-corrected chi connectivity index (χ0v) is 8.20. The molecule has 2 aliphatic rings. The average molecular weight is 204 g/mol. The highest BCUT2D eigenvalue weighted by atomic mass is 35.5. The Labute approximate surface area is 82.7 Å². The van der Waals surface area contributed by atoms with Crippen LogP contribution in [0.1, 0.15) is 19.3 Å². The predicted molar refractivity (Wildman–Crippen MR) is 50.0 cm³/mol. The number of piperidine rings is 1. The van der Waals surface area contributed by atoms with E-state index in [1.165, 1.54) is 19.3 Å². The lowest BCUT2D eigenvalue weighted by Gasteiger charge is -2.27. The Morgan fingerprint density at radius 3 is 2.85 bits per heavy atom. The topological polar surface area (TPSA) is 40.5 Å². The molecule has 1 aliphatic carbocycles. The van der Waals surface area contributed by atoms with E-state index in [0.717, 1.165) is 12.5 Å². The summed E-state index contributed by atoms with van der Waals surface area (Å²) in [5.41, 5.74) is 0. The minimum atomic E-state index is -0.899. The van der Waals surface area contributed by atoms with Crippen molar-refractivity contribution >= 4 is 17.6 Å². The van der Waals surface area contributed by atoms with E-state index < -0.39 is 11.3 Å². The number of rotatable bonds is 3. The largest absolute Gasteiger partial charge is 0.480 e. The highest BCUT2D eigenvalue weighted by Gasteiger charge is 2.38. The summed E-state index contributed by atoms with van der Waals surface area (Å²) in [6.07, 6.45) is 3.80. The number of carbonyl (C=O) groups is 1. The van der Waals surface area contributed by atoms with Crippen molar-refractivity contribution in [3.8, 4) is 0 Å². The van der Waals surface area contributed by atoms with Crippen LogP contribution < -0.4 is 0 Å². The summed E-state index contributed by atoms with van der Waals surface area (Å²) in [4.78, 5) is 12.8. The number of fused-ring (bicyclic) bond motifs is 2. The molecule has 1 saturated heterocycles. The van der Waals surface area contributed by atoms with Crippen LogP contribution in [0.15, 0.2) is 0 Å². The number of alkyl halides is 1. The number of nitrogens with zero attached hydrogens (tertiary/aromatic N) is 1. The SMILES string of the molecule is O=C(O)C(Cl)CN1CC2CCC1C2. The number of hydrogen-bond acceptors (Lipinski definition) is 2. The van der Waals surface area contributed by atoms with E-state index in [1.54, 1.807) is 0 Å². The number of carboxylic acid groups (broad SMARTS) is 1. The van der Waals surface area contributed by atoms with Gasteiger partial charge in [-0.3, -0.25) is 9.69 Å². The van der Waals surface area contributed by atoms with Crippen molar-refractivity contribution in [2.75, 3.05) is 13.1 Å². The molecule has 2 fully saturated rings. The highest BCUT2D eigenvalue weighted by molar-refractivity contribution is 6.29. The number of hydrogen-bond donors (Lipinski definition) is 1. The molecule has 2 bridgehead atoms. The third-order valence-corrected chi connectivity index (χ3v) is 3.51. The molecule has 3 atom stereocenters. The van der Waals surface area contributed by atoms with Gasteiger partial charge < -0.3 is 5.11 Å². The zero-order valence-electron chi connectivity index (χ0n) is 7.45. The zero-order chi connectivity index (χ0) is 9.42. The smallest absolute Gasteiger partial charge is 0.322 e. The average Bonchev–Trinajstić information content (AvgIpc) is 2.64. The maximum atomic E-state index is 10.5. The van der Waals surface area contributed by atoms with Gasteiger partial charge in [-0.1, -0.05) is 0 Å². The minimum absolute atomic E-state index is 0.512. The molecular formula is C9H14ClNO2. The van der Waals surface area contributed by atoms with Gasteiger partial charge in [-0.25, -0.2) is 0 Å². The molecule has 2 rings (SSSR count). The van der Waals surface area contributed by atoms with Crippen molar-refractivity contribution in [1.82, 2.24) is 4.90 Å². The van der Waals surface area contributed by atoms with Crippen LogP contribution in [0.5, 0.6) is 0 Å². The number of halogens is 1. The molecule has 13 heavy (non-hydrogen) atoms. The first-order chi connectivity index (χ1) is 6.16. The molecule has 1 heterocycles. The van der Waals surface area contributed by atoms with Crippen LogP contribution in [0.4, 0.5) is 0 Å². The van der Waals surface area contributed by atoms with E-state index >= 15 is 0 Å². The van der Waals surface area contributed by atoms with Crippen molar-refractivity contribution in [3.63, 3.8) is 0 Å². The minimum Gasteiger partial charge on any atom is -0.480 e. The monoisotopic (exact) mass is 203 g/mol. The lowest BCUT2D eigenvalue weighted by Crippen LogP contribution is -2.38. The highest BCUT2D eigenvalue weighted by Crippen LogP contribution is 2.37. The molecule has 1 N–H and O–H groups in total. The van der Waals surface area contributed by atoms with Crippen molar-refractivity contribution in [3.05, 3.63) is 0 Å². The van der Waals surface area contributed by atoms with Crippen LogP contribution in [0.25, 0.3) is 0 Å². The van der Waals surface area contributed by atoms with Crippen molar-refractivity contribution in [2.24, 2.45) is 5.92 Å². The number of likely N-dealkylation sites (tertiary alicyclic amines) is 1. The molecule has 0 aromatic carbocycles. The fourth-order valence-electron chi connectivity index (χ4n) is 2.53. The first-order valence-corrected chi connectivity index (χ1v) is 5.21. The summed E-state index contributed by atoms with van der Waals surface area (Å²) in [5.74, 6) is -0.0906. The Morgan fingerprint density at radius 1 is 1.62 bits per heavy atom. The van der Waals surface area contributed by atoms with Crippen molar-refractivity contribution in [1.29, 1.82) is 0 Å². The summed E-state index contributed by atoms with van der Waals surface area (Å²) in [5, 5.41) is 7.92.